The van der Waals surface area contributed by atoms with Gasteiger partial charge in [0, 0.05) is 0 Å². The Balaban J connectivity index is 3.61. The average molecular weight is 349 g/mol. The number of hydrogen-bond acceptors (Lipinski definition) is 4. The highest BCUT2D eigenvalue weighted by Crippen LogP contribution is 2.28. The number of carbonyl (C=O) groups is 1. The molecule has 0 unspecified atom stereocenters. The zero-order valence-corrected chi connectivity index (χ0v) is 16.4. The average Bonchev–Trinajstić information content (AvgIpc) is 2.49. The van der Waals surface area contributed by atoms with E-state index < -0.39 is 4.08 Å². The minimum absolute atomic E-state index is 0.277. The summed E-state index contributed by atoms with van der Waals surface area (Å²) in [6, 6.07) is 0. The Morgan fingerprint density at radius 1 is 0.773 bits per heavy atom. The summed E-state index contributed by atoms with van der Waals surface area (Å²) in [4.78, 5) is 12.0. The molecule has 0 heterocycles. The van der Waals surface area contributed by atoms with Crippen LogP contribution in [0.3, 0.4) is 0 Å². The summed E-state index contributed by atoms with van der Waals surface area (Å²) >= 11 is 8.77. The van der Waals surface area contributed by atoms with Gasteiger partial charge in [0.05, 0.1) is 6.61 Å². The van der Waals surface area contributed by atoms with Gasteiger partial charge in [-0.05, 0) is 12.8 Å². The fourth-order valence-electron chi connectivity index (χ4n) is 2.42. The van der Waals surface area contributed by atoms with Crippen molar-refractivity contribution in [2.24, 2.45) is 0 Å². The van der Waals surface area contributed by atoms with Gasteiger partial charge in [-0.3, -0.25) is 0 Å². The molecule has 0 bridgehead atoms. The van der Waals surface area contributed by atoms with Crippen LogP contribution in [0.1, 0.15) is 97.3 Å². The van der Waals surface area contributed by atoms with E-state index in [2.05, 4.69) is 39.1 Å². The molecule has 132 valence electrons. The topological polar surface area (TPSA) is 26.3 Å². The molecule has 0 N–H and O–H groups in total. The molecular formula is C18H36O2S2. The van der Waals surface area contributed by atoms with Gasteiger partial charge in [0.15, 0.2) is 4.08 Å². The van der Waals surface area contributed by atoms with E-state index in [-0.39, 0.29) is 5.97 Å². The quantitative estimate of drug-likeness (QED) is 0.159. The zero-order valence-electron chi connectivity index (χ0n) is 14.6. The third kappa shape index (κ3) is 12.7. The lowest BCUT2D eigenvalue weighted by atomic mass is 10.1. The highest BCUT2D eigenvalue weighted by Gasteiger charge is 2.31. The SMILES string of the molecule is CCCCCCCCOC(=O)C(S)(S)CCCCCCCC. The Morgan fingerprint density at radius 2 is 1.23 bits per heavy atom. The smallest absolute Gasteiger partial charge is 0.332 e. The maximum absolute atomic E-state index is 12.0. The summed E-state index contributed by atoms with van der Waals surface area (Å²) in [5.74, 6) is -0.277. The fraction of sp³-hybridized carbons (Fsp3) is 0.944. The van der Waals surface area contributed by atoms with Crippen molar-refractivity contribution in [1.29, 1.82) is 0 Å². The Bertz CT molecular complexity index is 268. The van der Waals surface area contributed by atoms with Gasteiger partial charge in [-0.15, -0.1) is 0 Å². The Kier molecular flexibility index (Phi) is 14.9. The number of thiol groups is 2. The zero-order chi connectivity index (χ0) is 16.7. The van der Waals surface area contributed by atoms with Crippen LogP contribution in [0, 0.1) is 0 Å². The Hall–Kier alpha value is 0.170. The maximum atomic E-state index is 12.0. The third-order valence-electron chi connectivity index (χ3n) is 3.94. The standard InChI is InChI=1S/C18H36O2S2/c1-3-5-7-9-11-13-15-18(21,22)17(19)20-16-14-12-10-8-6-4-2/h21-22H,3-16H2,1-2H3. The molecule has 22 heavy (non-hydrogen) atoms. The largest absolute Gasteiger partial charge is 0.464 e. The molecule has 4 heteroatoms. The number of hydrogen-bond donors (Lipinski definition) is 2. The van der Waals surface area contributed by atoms with Crippen LogP contribution in [0.15, 0.2) is 0 Å². The van der Waals surface area contributed by atoms with Crippen LogP contribution in [0.5, 0.6) is 0 Å². The van der Waals surface area contributed by atoms with Crippen molar-refractivity contribution >= 4 is 31.2 Å². The highest BCUT2D eigenvalue weighted by molar-refractivity contribution is 8.01. The molecule has 0 aromatic carbocycles. The van der Waals surface area contributed by atoms with Crippen molar-refractivity contribution in [2.45, 2.75) is 101 Å². The summed E-state index contributed by atoms with van der Waals surface area (Å²) in [7, 11) is 0. The van der Waals surface area contributed by atoms with E-state index >= 15 is 0 Å². The van der Waals surface area contributed by atoms with Crippen LogP contribution in [-0.2, 0) is 9.53 Å². The number of ether oxygens (including phenoxy) is 1. The van der Waals surface area contributed by atoms with Crippen LogP contribution in [0.25, 0.3) is 0 Å². The molecule has 0 radical (unpaired) electrons. The highest BCUT2D eigenvalue weighted by atomic mass is 32.2. The molecule has 0 spiro atoms. The molecule has 0 amide bonds. The summed E-state index contributed by atoms with van der Waals surface area (Å²) < 4.78 is 4.39. The van der Waals surface area contributed by atoms with Crippen molar-refractivity contribution in [3.8, 4) is 0 Å². The summed E-state index contributed by atoms with van der Waals surface area (Å²) in [6.07, 6.45) is 15.0. The summed E-state index contributed by atoms with van der Waals surface area (Å²) in [6.45, 7) is 4.93. The maximum Gasteiger partial charge on any atom is 0.332 e. The summed E-state index contributed by atoms with van der Waals surface area (Å²) in [5.41, 5.74) is 0. The van der Waals surface area contributed by atoms with Gasteiger partial charge in [-0.25, -0.2) is 4.79 Å². The lowest BCUT2D eigenvalue weighted by Crippen LogP contribution is -2.29. The van der Waals surface area contributed by atoms with Gasteiger partial charge in [-0.2, -0.15) is 25.3 Å². The lowest BCUT2D eigenvalue weighted by Gasteiger charge is -2.20. The molecule has 0 atom stereocenters. The van der Waals surface area contributed by atoms with Crippen LogP contribution in [0.2, 0.25) is 0 Å². The fourth-order valence-corrected chi connectivity index (χ4v) is 2.86. The van der Waals surface area contributed by atoms with E-state index in [1.807, 2.05) is 0 Å². The molecule has 0 aliphatic rings. The van der Waals surface area contributed by atoms with Crippen LogP contribution in [0.4, 0.5) is 0 Å². The molecule has 0 aromatic rings. The van der Waals surface area contributed by atoms with Crippen LogP contribution in [-0.4, -0.2) is 16.7 Å². The molecular weight excluding hydrogens is 312 g/mol. The number of unbranched alkanes of at least 4 members (excludes halogenated alkanes) is 10. The van der Waals surface area contributed by atoms with Crippen molar-refractivity contribution in [3.05, 3.63) is 0 Å². The minimum atomic E-state index is -0.924. The first-order chi connectivity index (χ1) is 10.5. The minimum Gasteiger partial charge on any atom is -0.464 e. The van der Waals surface area contributed by atoms with Crippen molar-refractivity contribution in [2.75, 3.05) is 6.61 Å². The summed E-state index contributed by atoms with van der Waals surface area (Å²) in [5, 5.41) is 0. The predicted octanol–water partition coefficient (Wildman–Crippen LogP) is 6.20. The van der Waals surface area contributed by atoms with Crippen molar-refractivity contribution in [3.63, 3.8) is 0 Å². The van der Waals surface area contributed by atoms with E-state index in [9.17, 15) is 4.79 Å². The van der Waals surface area contributed by atoms with E-state index in [1.165, 1.54) is 51.4 Å². The first kappa shape index (κ1) is 22.2. The van der Waals surface area contributed by atoms with Gasteiger partial charge >= 0.3 is 5.97 Å². The molecule has 0 aliphatic carbocycles. The van der Waals surface area contributed by atoms with E-state index in [4.69, 9.17) is 4.74 Å². The Morgan fingerprint density at radius 3 is 1.77 bits per heavy atom. The second-order valence-electron chi connectivity index (χ2n) is 6.24. The van der Waals surface area contributed by atoms with Gasteiger partial charge in [0.2, 0.25) is 0 Å². The van der Waals surface area contributed by atoms with Gasteiger partial charge < -0.3 is 4.74 Å². The van der Waals surface area contributed by atoms with E-state index in [0.29, 0.717) is 13.0 Å². The van der Waals surface area contributed by atoms with Gasteiger partial charge in [0.1, 0.15) is 0 Å². The lowest BCUT2D eigenvalue weighted by molar-refractivity contribution is -0.144. The van der Waals surface area contributed by atoms with Gasteiger partial charge in [0.25, 0.3) is 0 Å². The van der Waals surface area contributed by atoms with Gasteiger partial charge in [-0.1, -0.05) is 84.5 Å². The molecule has 0 aliphatic heterocycles. The first-order valence-corrected chi connectivity index (χ1v) is 10.1. The molecule has 0 saturated carbocycles. The van der Waals surface area contributed by atoms with Crippen molar-refractivity contribution < 1.29 is 9.53 Å². The number of esters is 1. The predicted molar refractivity (Wildman–Crippen MR) is 103 cm³/mol. The van der Waals surface area contributed by atoms with E-state index in [0.717, 1.165) is 25.7 Å². The third-order valence-corrected chi connectivity index (χ3v) is 4.75. The monoisotopic (exact) mass is 348 g/mol. The molecule has 2 nitrogen and oxygen atoms in total. The second kappa shape index (κ2) is 14.7. The van der Waals surface area contributed by atoms with E-state index in [1.54, 1.807) is 0 Å². The normalized spacial score (nSPS) is 11.6. The number of rotatable bonds is 15. The molecule has 0 aromatic heterocycles. The first-order valence-electron chi connectivity index (χ1n) is 9.16. The van der Waals surface area contributed by atoms with Crippen LogP contribution < -0.4 is 0 Å². The molecule has 0 saturated heterocycles. The Labute approximate surface area is 149 Å². The molecule has 0 rings (SSSR count). The molecule has 0 fully saturated rings. The second-order valence-corrected chi connectivity index (χ2v) is 8.12. The number of carbonyl (C=O) groups excluding carboxylic acids is 1. The van der Waals surface area contributed by atoms with Crippen LogP contribution >= 0.6 is 25.3 Å². The van der Waals surface area contributed by atoms with Crippen molar-refractivity contribution in [1.82, 2.24) is 0 Å².